The van der Waals surface area contributed by atoms with Crippen LogP contribution in [-0.4, -0.2) is 27.9 Å². The zero-order valence-electron chi connectivity index (χ0n) is 11.5. The highest BCUT2D eigenvalue weighted by atomic mass is 16.5. The van der Waals surface area contributed by atoms with E-state index in [9.17, 15) is 4.79 Å². The molecule has 1 aromatic carbocycles. The Bertz CT molecular complexity index is 768. The van der Waals surface area contributed by atoms with Crippen molar-refractivity contribution in [3.63, 3.8) is 0 Å². The highest BCUT2D eigenvalue weighted by Gasteiger charge is 2.11. The average molecular weight is 282 g/mol. The second-order valence-electron chi connectivity index (χ2n) is 4.41. The number of amides is 1. The molecule has 0 aliphatic rings. The van der Waals surface area contributed by atoms with Crippen LogP contribution in [0.4, 0.5) is 10.6 Å². The molecule has 106 valence electrons. The number of aromatic amines is 1. The Labute approximate surface area is 121 Å². The maximum atomic E-state index is 11.5. The molecule has 0 bridgehead atoms. The highest BCUT2D eigenvalue weighted by Crippen LogP contribution is 2.25. The lowest BCUT2D eigenvalue weighted by atomic mass is 10.1. The van der Waals surface area contributed by atoms with E-state index in [1.807, 2.05) is 36.4 Å². The second-order valence-corrected chi connectivity index (χ2v) is 4.41. The summed E-state index contributed by atoms with van der Waals surface area (Å²) >= 11 is 0. The van der Waals surface area contributed by atoms with Gasteiger partial charge in [-0.15, -0.1) is 0 Å². The summed E-state index contributed by atoms with van der Waals surface area (Å²) in [7, 11) is 0. The van der Waals surface area contributed by atoms with Gasteiger partial charge < -0.3 is 4.74 Å². The molecule has 0 spiro atoms. The molecule has 1 amide bonds. The normalized spacial score (nSPS) is 10.5. The molecule has 2 N–H and O–H groups in total. The van der Waals surface area contributed by atoms with Gasteiger partial charge in [0.15, 0.2) is 5.65 Å². The first-order chi connectivity index (χ1) is 10.3. The number of carbonyl (C=O) groups excluding carboxylic acids is 1. The van der Waals surface area contributed by atoms with E-state index in [-0.39, 0.29) is 0 Å². The molecule has 3 rings (SSSR count). The summed E-state index contributed by atoms with van der Waals surface area (Å²) in [6.45, 7) is 2.06. The number of pyridine rings is 1. The molecule has 0 aliphatic carbocycles. The zero-order valence-corrected chi connectivity index (χ0v) is 11.5. The number of ether oxygens (including phenoxy) is 1. The highest BCUT2D eigenvalue weighted by molar-refractivity contribution is 5.97. The average Bonchev–Trinajstić information content (AvgIpc) is 2.91. The van der Waals surface area contributed by atoms with Gasteiger partial charge in [0.05, 0.1) is 12.0 Å². The van der Waals surface area contributed by atoms with E-state index >= 15 is 0 Å². The number of hydrogen-bond acceptors (Lipinski definition) is 4. The number of benzene rings is 1. The van der Waals surface area contributed by atoms with E-state index in [4.69, 9.17) is 4.74 Å². The maximum Gasteiger partial charge on any atom is 0.412 e. The van der Waals surface area contributed by atoms with Gasteiger partial charge in [0, 0.05) is 11.8 Å². The zero-order chi connectivity index (χ0) is 14.7. The summed E-state index contributed by atoms with van der Waals surface area (Å²) in [5.41, 5.74) is 2.55. The van der Waals surface area contributed by atoms with Crippen molar-refractivity contribution in [3.05, 3.63) is 42.6 Å². The van der Waals surface area contributed by atoms with Gasteiger partial charge in [0.2, 0.25) is 0 Å². The van der Waals surface area contributed by atoms with Crippen LogP contribution in [0.25, 0.3) is 22.2 Å². The molecule has 6 nitrogen and oxygen atoms in total. The third-order valence-electron chi connectivity index (χ3n) is 3.02. The Hall–Kier alpha value is -2.89. The topological polar surface area (TPSA) is 79.9 Å². The third kappa shape index (κ3) is 2.69. The summed E-state index contributed by atoms with van der Waals surface area (Å²) in [5, 5.41) is 10.2. The number of anilines is 1. The first-order valence-corrected chi connectivity index (χ1v) is 6.61. The quantitative estimate of drug-likeness (QED) is 0.773. The van der Waals surface area contributed by atoms with Gasteiger partial charge in [0.25, 0.3) is 0 Å². The summed E-state index contributed by atoms with van der Waals surface area (Å²) in [6.07, 6.45) is 1.24. The van der Waals surface area contributed by atoms with E-state index in [0.29, 0.717) is 18.1 Å². The SMILES string of the molecule is CCOC(=O)Nc1[nH]nc2ncc(-c3ccccc3)cc12. The van der Waals surface area contributed by atoms with E-state index in [0.717, 1.165) is 16.5 Å². The van der Waals surface area contributed by atoms with Gasteiger partial charge >= 0.3 is 6.09 Å². The first kappa shape index (κ1) is 13.1. The monoisotopic (exact) mass is 282 g/mol. The van der Waals surface area contributed by atoms with Crippen LogP contribution >= 0.6 is 0 Å². The second kappa shape index (κ2) is 5.62. The molecule has 0 atom stereocenters. The van der Waals surface area contributed by atoms with Crippen LogP contribution in [0.15, 0.2) is 42.6 Å². The van der Waals surface area contributed by atoms with E-state index in [1.165, 1.54) is 0 Å². The number of carbonyl (C=O) groups is 1. The van der Waals surface area contributed by atoms with Gasteiger partial charge in [-0.2, -0.15) is 5.10 Å². The Morgan fingerprint density at radius 3 is 2.86 bits per heavy atom. The van der Waals surface area contributed by atoms with Crippen molar-refractivity contribution in [3.8, 4) is 11.1 Å². The lowest BCUT2D eigenvalue weighted by Gasteiger charge is -2.04. The first-order valence-electron chi connectivity index (χ1n) is 6.61. The fraction of sp³-hybridized carbons (Fsp3) is 0.133. The van der Waals surface area contributed by atoms with Crippen LogP contribution in [0.2, 0.25) is 0 Å². The van der Waals surface area contributed by atoms with Crippen molar-refractivity contribution in [1.29, 1.82) is 0 Å². The molecule has 0 fully saturated rings. The van der Waals surface area contributed by atoms with Gasteiger partial charge in [-0.25, -0.2) is 9.78 Å². The number of rotatable bonds is 3. The molecule has 0 saturated carbocycles. The fourth-order valence-corrected chi connectivity index (χ4v) is 2.05. The van der Waals surface area contributed by atoms with Crippen molar-refractivity contribution in [2.45, 2.75) is 6.92 Å². The summed E-state index contributed by atoms with van der Waals surface area (Å²) in [4.78, 5) is 15.8. The molecule has 21 heavy (non-hydrogen) atoms. The number of H-pyrrole nitrogens is 1. The molecule has 2 aromatic heterocycles. The Balaban J connectivity index is 1.98. The lowest BCUT2D eigenvalue weighted by molar-refractivity contribution is 0.168. The number of aromatic nitrogens is 3. The van der Waals surface area contributed by atoms with Gasteiger partial charge in [0.1, 0.15) is 5.82 Å². The molecule has 0 unspecified atom stereocenters. The lowest BCUT2D eigenvalue weighted by Crippen LogP contribution is -2.13. The maximum absolute atomic E-state index is 11.5. The Kier molecular flexibility index (Phi) is 3.51. The van der Waals surface area contributed by atoms with Crippen LogP contribution in [0.5, 0.6) is 0 Å². The van der Waals surface area contributed by atoms with Crippen molar-refractivity contribution < 1.29 is 9.53 Å². The predicted octanol–water partition coefficient (Wildman–Crippen LogP) is 3.19. The molecular formula is C15H14N4O2. The van der Waals surface area contributed by atoms with Crippen LogP contribution in [0.1, 0.15) is 6.92 Å². The molecule has 0 aliphatic heterocycles. The molecule has 3 aromatic rings. The molecular weight excluding hydrogens is 268 g/mol. The minimum atomic E-state index is -0.520. The fourth-order valence-electron chi connectivity index (χ4n) is 2.05. The van der Waals surface area contributed by atoms with E-state index in [1.54, 1.807) is 13.1 Å². The van der Waals surface area contributed by atoms with Crippen molar-refractivity contribution >= 4 is 22.9 Å². The molecule has 0 radical (unpaired) electrons. The molecule has 6 heteroatoms. The predicted molar refractivity (Wildman–Crippen MR) is 80.0 cm³/mol. The summed E-state index contributed by atoms with van der Waals surface area (Å²) < 4.78 is 4.86. The number of nitrogens with zero attached hydrogens (tertiary/aromatic N) is 2. The number of fused-ring (bicyclic) bond motifs is 1. The Morgan fingerprint density at radius 1 is 1.29 bits per heavy atom. The minimum absolute atomic E-state index is 0.311. The van der Waals surface area contributed by atoms with Crippen molar-refractivity contribution in [2.75, 3.05) is 11.9 Å². The minimum Gasteiger partial charge on any atom is -0.450 e. The number of hydrogen-bond donors (Lipinski definition) is 2. The van der Waals surface area contributed by atoms with E-state index < -0.39 is 6.09 Å². The van der Waals surface area contributed by atoms with Gasteiger partial charge in [-0.05, 0) is 18.6 Å². The van der Waals surface area contributed by atoms with Crippen LogP contribution in [0, 0.1) is 0 Å². The third-order valence-corrected chi connectivity index (χ3v) is 3.02. The standard InChI is InChI=1S/C15H14N4O2/c1-2-21-15(20)17-14-12-8-11(9-16-13(12)18-19-14)10-6-4-3-5-7-10/h3-9H,2H2,1H3,(H2,16,17,18,19,20). The van der Waals surface area contributed by atoms with Crippen molar-refractivity contribution in [2.24, 2.45) is 0 Å². The largest absolute Gasteiger partial charge is 0.450 e. The molecule has 0 saturated heterocycles. The van der Waals surface area contributed by atoms with Gasteiger partial charge in [-0.1, -0.05) is 30.3 Å². The van der Waals surface area contributed by atoms with Crippen LogP contribution in [0.3, 0.4) is 0 Å². The summed E-state index contributed by atoms with van der Waals surface area (Å²) in [5.74, 6) is 0.480. The number of nitrogens with one attached hydrogen (secondary N) is 2. The van der Waals surface area contributed by atoms with E-state index in [2.05, 4.69) is 20.5 Å². The Morgan fingerprint density at radius 2 is 2.10 bits per heavy atom. The van der Waals surface area contributed by atoms with Crippen LogP contribution in [-0.2, 0) is 4.74 Å². The summed E-state index contributed by atoms with van der Waals surface area (Å²) in [6, 6.07) is 11.8. The molecule has 2 heterocycles. The van der Waals surface area contributed by atoms with Crippen LogP contribution < -0.4 is 5.32 Å². The van der Waals surface area contributed by atoms with Gasteiger partial charge in [-0.3, -0.25) is 10.4 Å². The van der Waals surface area contributed by atoms with Crippen molar-refractivity contribution in [1.82, 2.24) is 15.2 Å². The smallest absolute Gasteiger partial charge is 0.412 e.